The van der Waals surface area contributed by atoms with Gasteiger partial charge in [0.25, 0.3) is 5.91 Å². The molecule has 0 radical (unpaired) electrons. The van der Waals surface area contributed by atoms with Crippen molar-refractivity contribution in [1.82, 2.24) is 20.2 Å². The molecule has 0 aliphatic carbocycles. The summed E-state index contributed by atoms with van der Waals surface area (Å²) in [6.45, 7) is 2.07. The Bertz CT molecular complexity index is 1450. The van der Waals surface area contributed by atoms with Crippen LogP contribution in [0.4, 0.5) is 11.6 Å². The second-order valence-electron chi connectivity index (χ2n) is 8.09. The first kappa shape index (κ1) is 23.4. The van der Waals surface area contributed by atoms with Gasteiger partial charge in [-0.3, -0.25) is 4.79 Å². The molecule has 0 saturated carbocycles. The van der Waals surface area contributed by atoms with E-state index in [0.717, 1.165) is 11.1 Å². The molecule has 1 amide bonds. The van der Waals surface area contributed by atoms with E-state index in [4.69, 9.17) is 21.1 Å². The predicted molar refractivity (Wildman–Crippen MR) is 136 cm³/mol. The number of hydrogen-bond donors (Lipinski definition) is 2. The molecule has 9 nitrogen and oxygen atoms in total. The third kappa shape index (κ3) is 4.48. The first-order chi connectivity index (χ1) is 17.6. The zero-order chi connectivity index (χ0) is 25.1. The molecular weight excluding hydrogens is 480 g/mol. The number of anilines is 2. The molecule has 10 heteroatoms. The number of allylic oxidation sites excluding steroid dienone is 1. The number of nitrogens with one attached hydrogen (secondary N) is 2. The van der Waals surface area contributed by atoms with Gasteiger partial charge in [-0.2, -0.15) is 4.68 Å². The summed E-state index contributed by atoms with van der Waals surface area (Å²) in [5.74, 6) is 1.24. The maximum absolute atomic E-state index is 13.7. The van der Waals surface area contributed by atoms with Crippen LogP contribution in [0.1, 0.15) is 24.1 Å². The Labute approximate surface area is 212 Å². The van der Waals surface area contributed by atoms with Crippen LogP contribution >= 0.6 is 11.6 Å². The van der Waals surface area contributed by atoms with Crippen LogP contribution in [0.15, 0.2) is 84.1 Å². The van der Waals surface area contributed by atoms with Crippen LogP contribution in [0.2, 0.25) is 5.02 Å². The highest BCUT2D eigenvalue weighted by Gasteiger charge is 2.36. The normalized spacial score (nSPS) is 14.6. The third-order valence-corrected chi connectivity index (χ3v) is 6.24. The fourth-order valence-corrected chi connectivity index (χ4v) is 4.33. The van der Waals surface area contributed by atoms with E-state index >= 15 is 0 Å². The summed E-state index contributed by atoms with van der Waals surface area (Å²) in [4.78, 5) is 13.7. The van der Waals surface area contributed by atoms with Crippen molar-refractivity contribution in [2.75, 3.05) is 17.7 Å². The average Bonchev–Trinajstić information content (AvgIpc) is 3.36. The Morgan fingerprint density at radius 3 is 2.58 bits per heavy atom. The van der Waals surface area contributed by atoms with E-state index in [1.807, 2.05) is 67.6 Å². The van der Waals surface area contributed by atoms with Crippen LogP contribution in [0, 0.1) is 0 Å². The molecule has 1 aliphatic rings. The lowest BCUT2D eigenvalue weighted by atomic mass is 9.94. The number of aromatic nitrogens is 4. The summed E-state index contributed by atoms with van der Waals surface area (Å²) in [5.41, 5.74) is 3.19. The molecule has 182 valence electrons. The number of methoxy groups -OCH3 is 1. The molecule has 5 rings (SSSR count). The Hall–Kier alpha value is -4.37. The number of para-hydroxylation sites is 3. The van der Waals surface area contributed by atoms with E-state index in [1.54, 1.807) is 23.9 Å². The third-order valence-electron chi connectivity index (χ3n) is 5.87. The number of tetrazole rings is 1. The number of hydrogen-bond acceptors (Lipinski definition) is 7. The molecule has 2 N–H and O–H groups in total. The number of ether oxygens (including phenoxy) is 2. The molecule has 0 fully saturated rings. The van der Waals surface area contributed by atoms with Crippen LogP contribution in [-0.4, -0.2) is 33.2 Å². The highest BCUT2D eigenvalue weighted by atomic mass is 35.5. The summed E-state index contributed by atoms with van der Waals surface area (Å²) in [6, 6.07) is 21.6. The zero-order valence-electron chi connectivity index (χ0n) is 19.6. The molecule has 2 heterocycles. The van der Waals surface area contributed by atoms with Gasteiger partial charge in [0.15, 0.2) is 0 Å². The van der Waals surface area contributed by atoms with Crippen molar-refractivity contribution in [3.05, 3.63) is 100 Å². The number of amides is 1. The summed E-state index contributed by atoms with van der Waals surface area (Å²) in [6.07, 6.45) is 0. The van der Waals surface area contributed by atoms with Crippen LogP contribution < -0.4 is 20.1 Å². The van der Waals surface area contributed by atoms with E-state index in [1.165, 1.54) is 0 Å². The van der Waals surface area contributed by atoms with E-state index < -0.39 is 6.04 Å². The molecule has 0 saturated heterocycles. The Morgan fingerprint density at radius 2 is 1.78 bits per heavy atom. The Morgan fingerprint density at radius 1 is 1.06 bits per heavy atom. The van der Waals surface area contributed by atoms with Crippen molar-refractivity contribution < 1.29 is 14.3 Å². The van der Waals surface area contributed by atoms with Crippen molar-refractivity contribution >= 4 is 29.1 Å². The number of fused-ring (bicyclic) bond motifs is 1. The molecule has 3 aromatic carbocycles. The first-order valence-corrected chi connectivity index (χ1v) is 11.6. The molecule has 1 aromatic heterocycles. The topological polar surface area (TPSA) is 103 Å². The highest BCUT2D eigenvalue weighted by molar-refractivity contribution is 6.31. The summed E-state index contributed by atoms with van der Waals surface area (Å²) >= 11 is 6.33. The quantitative estimate of drug-likeness (QED) is 0.372. The van der Waals surface area contributed by atoms with Crippen molar-refractivity contribution in [2.45, 2.75) is 19.6 Å². The van der Waals surface area contributed by atoms with E-state index in [2.05, 4.69) is 26.2 Å². The van der Waals surface area contributed by atoms with Crippen LogP contribution in [-0.2, 0) is 11.4 Å². The van der Waals surface area contributed by atoms with Gasteiger partial charge in [-0.25, -0.2) is 0 Å². The van der Waals surface area contributed by atoms with Crippen molar-refractivity contribution in [1.29, 1.82) is 0 Å². The van der Waals surface area contributed by atoms with Crippen molar-refractivity contribution in [2.24, 2.45) is 0 Å². The number of carbonyl (C=O) groups excluding carboxylic acids is 1. The average molecular weight is 503 g/mol. The number of nitrogens with zero attached hydrogens (tertiary/aromatic N) is 4. The van der Waals surface area contributed by atoms with Crippen molar-refractivity contribution in [3.8, 4) is 11.5 Å². The van der Waals surface area contributed by atoms with Gasteiger partial charge in [0.2, 0.25) is 5.95 Å². The molecule has 1 aliphatic heterocycles. The molecule has 1 atom stereocenters. The van der Waals surface area contributed by atoms with Gasteiger partial charge in [-0.15, -0.1) is 0 Å². The maximum atomic E-state index is 13.7. The van der Waals surface area contributed by atoms with Gasteiger partial charge >= 0.3 is 0 Å². The molecule has 4 aromatic rings. The van der Waals surface area contributed by atoms with Gasteiger partial charge in [0, 0.05) is 21.8 Å². The molecular formula is C26H23ClN6O3. The Kier molecular flexibility index (Phi) is 6.55. The first-order valence-electron chi connectivity index (χ1n) is 11.2. The van der Waals surface area contributed by atoms with Crippen molar-refractivity contribution in [3.63, 3.8) is 0 Å². The molecule has 36 heavy (non-hydrogen) atoms. The minimum atomic E-state index is -0.645. The minimum Gasteiger partial charge on any atom is -0.495 e. The van der Waals surface area contributed by atoms with Crippen LogP contribution in [0.5, 0.6) is 11.5 Å². The van der Waals surface area contributed by atoms with Gasteiger partial charge in [0.05, 0.1) is 18.4 Å². The van der Waals surface area contributed by atoms with E-state index in [-0.39, 0.29) is 12.5 Å². The van der Waals surface area contributed by atoms with Gasteiger partial charge in [0.1, 0.15) is 24.1 Å². The fraction of sp³-hybridized carbons (Fsp3) is 0.154. The molecule has 0 spiro atoms. The predicted octanol–water partition coefficient (Wildman–Crippen LogP) is 4.84. The SMILES string of the molecule is COc1ccccc1NC(=O)C1=C(C)Nc2nnnn2C1c1ccccc1OCc1ccccc1Cl. The number of rotatable bonds is 7. The van der Waals surface area contributed by atoms with Gasteiger partial charge in [-0.1, -0.05) is 65.2 Å². The summed E-state index contributed by atoms with van der Waals surface area (Å²) in [5, 5.41) is 18.8. The maximum Gasteiger partial charge on any atom is 0.255 e. The highest BCUT2D eigenvalue weighted by Crippen LogP contribution is 2.39. The monoisotopic (exact) mass is 502 g/mol. The number of carbonyl (C=O) groups is 1. The van der Waals surface area contributed by atoms with Gasteiger partial charge < -0.3 is 20.1 Å². The van der Waals surface area contributed by atoms with Crippen LogP contribution in [0.25, 0.3) is 0 Å². The lowest BCUT2D eigenvalue weighted by Gasteiger charge is -2.29. The second kappa shape index (κ2) is 10.1. The fourth-order valence-electron chi connectivity index (χ4n) is 4.14. The smallest absolute Gasteiger partial charge is 0.255 e. The minimum absolute atomic E-state index is 0.259. The summed E-state index contributed by atoms with van der Waals surface area (Å²) in [7, 11) is 1.56. The molecule has 1 unspecified atom stereocenters. The second-order valence-corrected chi connectivity index (χ2v) is 8.49. The lowest BCUT2D eigenvalue weighted by molar-refractivity contribution is -0.113. The molecule has 0 bridgehead atoms. The Balaban J connectivity index is 1.53. The standard InChI is InChI=1S/C26H23ClN6O3/c1-16-23(25(34)29-20-12-6-8-14-22(20)35-2)24(33-26(28-16)30-31-32-33)18-10-4-7-13-21(18)36-15-17-9-3-5-11-19(17)27/h3-14,24H,15H2,1-2H3,(H,29,34)(H,28,30,32). The zero-order valence-corrected chi connectivity index (χ0v) is 20.4. The van der Waals surface area contributed by atoms with E-state index in [9.17, 15) is 4.79 Å². The number of benzene rings is 3. The lowest BCUT2D eigenvalue weighted by Crippen LogP contribution is -2.32. The largest absolute Gasteiger partial charge is 0.495 e. The van der Waals surface area contributed by atoms with E-state index in [0.29, 0.717) is 39.4 Å². The van der Waals surface area contributed by atoms with Crippen LogP contribution in [0.3, 0.4) is 0 Å². The van der Waals surface area contributed by atoms with Gasteiger partial charge in [-0.05, 0) is 41.6 Å². The summed E-state index contributed by atoms with van der Waals surface area (Å²) < 4.78 is 13.2. The number of halogens is 1.